The third kappa shape index (κ3) is 2.51. The molecule has 0 aliphatic rings. The zero-order valence-corrected chi connectivity index (χ0v) is 9.54. The minimum absolute atomic E-state index is 0.247. The minimum Gasteiger partial charge on any atom is -0.505 e. The van der Waals surface area contributed by atoms with Crippen molar-refractivity contribution in [3.8, 4) is 5.75 Å². The maximum Gasteiger partial charge on any atom is 0.309 e. The molecule has 0 saturated heterocycles. The molecule has 0 atom stereocenters. The van der Waals surface area contributed by atoms with E-state index in [-0.39, 0.29) is 6.42 Å². The Morgan fingerprint density at radius 3 is 2.44 bits per heavy atom. The summed E-state index contributed by atoms with van der Waals surface area (Å²) in [5, 5.41) is 18.3. The predicted octanol–water partition coefficient (Wildman–Crippen LogP) is 2.49. The second-order valence-corrected chi connectivity index (χ2v) is 4.61. The largest absolute Gasteiger partial charge is 0.505 e. The summed E-state index contributed by atoms with van der Waals surface area (Å²) in [6.45, 7) is 4.71. The molecule has 0 heterocycles. The fourth-order valence-corrected chi connectivity index (χ4v) is 1.51. The van der Waals surface area contributed by atoms with Crippen LogP contribution < -0.4 is 0 Å². The highest BCUT2D eigenvalue weighted by molar-refractivity contribution is 5.74. The molecule has 0 bridgehead atoms. The van der Waals surface area contributed by atoms with Crippen LogP contribution in [-0.2, 0) is 11.2 Å². The van der Waals surface area contributed by atoms with E-state index in [4.69, 9.17) is 5.11 Å². The first kappa shape index (κ1) is 12.5. The van der Waals surface area contributed by atoms with Crippen molar-refractivity contribution in [2.24, 2.45) is 5.41 Å². The van der Waals surface area contributed by atoms with Gasteiger partial charge in [-0.05, 0) is 44.4 Å². The van der Waals surface area contributed by atoms with Crippen molar-refractivity contribution in [2.75, 3.05) is 0 Å². The predicted molar refractivity (Wildman–Crippen MR) is 57.9 cm³/mol. The highest BCUT2D eigenvalue weighted by Crippen LogP contribution is 2.27. The van der Waals surface area contributed by atoms with E-state index in [0.29, 0.717) is 11.1 Å². The number of hydrogen-bond acceptors (Lipinski definition) is 2. The Morgan fingerprint density at radius 1 is 1.44 bits per heavy atom. The fourth-order valence-electron chi connectivity index (χ4n) is 1.51. The summed E-state index contributed by atoms with van der Waals surface area (Å²) in [5.74, 6) is -2.01. The van der Waals surface area contributed by atoms with E-state index in [0.717, 1.165) is 0 Å². The van der Waals surface area contributed by atoms with Crippen LogP contribution in [0.3, 0.4) is 0 Å². The van der Waals surface area contributed by atoms with E-state index in [2.05, 4.69) is 0 Å². The molecule has 2 N–H and O–H groups in total. The first-order chi connectivity index (χ1) is 7.24. The lowest BCUT2D eigenvalue weighted by molar-refractivity contribution is -0.146. The Kier molecular flexibility index (Phi) is 3.21. The molecule has 1 rings (SSSR count). The number of phenolic OH excluding ortho intramolecular Hbond substituents is 1. The number of carbonyl (C=O) groups is 1. The van der Waals surface area contributed by atoms with Crippen molar-refractivity contribution in [3.63, 3.8) is 0 Å². The van der Waals surface area contributed by atoms with Gasteiger partial charge in [0.05, 0.1) is 5.41 Å². The molecule has 3 nitrogen and oxygen atoms in total. The minimum atomic E-state index is -0.934. The quantitative estimate of drug-likeness (QED) is 0.832. The first-order valence-electron chi connectivity index (χ1n) is 4.95. The van der Waals surface area contributed by atoms with E-state index in [9.17, 15) is 14.3 Å². The molecule has 0 aromatic heterocycles. The molecule has 0 aliphatic heterocycles. The average Bonchev–Trinajstić information content (AvgIpc) is 2.13. The second kappa shape index (κ2) is 4.12. The molecular weight excluding hydrogens is 211 g/mol. The number of benzene rings is 1. The summed E-state index contributed by atoms with van der Waals surface area (Å²) in [4.78, 5) is 10.9. The number of carboxylic acid groups (broad SMARTS) is 1. The van der Waals surface area contributed by atoms with Gasteiger partial charge in [0, 0.05) is 0 Å². The average molecular weight is 226 g/mol. The zero-order chi connectivity index (χ0) is 12.5. The van der Waals surface area contributed by atoms with Gasteiger partial charge in [-0.3, -0.25) is 4.79 Å². The van der Waals surface area contributed by atoms with Crippen LogP contribution in [0.4, 0.5) is 4.39 Å². The molecule has 0 radical (unpaired) electrons. The first-order valence-corrected chi connectivity index (χ1v) is 4.95. The van der Waals surface area contributed by atoms with Crippen molar-refractivity contribution in [3.05, 3.63) is 29.1 Å². The van der Waals surface area contributed by atoms with Crippen LogP contribution in [0.15, 0.2) is 12.1 Å². The highest BCUT2D eigenvalue weighted by Gasteiger charge is 2.27. The van der Waals surface area contributed by atoms with Crippen molar-refractivity contribution in [1.29, 1.82) is 0 Å². The topological polar surface area (TPSA) is 57.5 Å². The number of phenols is 1. The molecule has 0 aliphatic carbocycles. The van der Waals surface area contributed by atoms with Crippen molar-refractivity contribution in [1.82, 2.24) is 0 Å². The summed E-state index contributed by atoms with van der Waals surface area (Å²) < 4.78 is 13.1. The summed E-state index contributed by atoms with van der Waals surface area (Å²) in [6, 6.07) is 2.83. The molecule has 0 unspecified atom stereocenters. The van der Waals surface area contributed by atoms with Gasteiger partial charge >= 0.3 is 5.97 Å². The molecular formula is C12H15FO3. The molecule has 16 heavy (non-hydrogen) atoms. The SMILES string of the molecule is Cc1cc(CC(C)(C)C(=O)O)cc(O)c1F. The molecule has 88 valence electrons. The Hall–Kier alpha value is -1.58. The summed E-state index contributed by atoms with van der Waals surface area (Å²) in [6.07, 6.45) is 0.247. The molecule has 4 heteroatoms. The van der Waals surface area contributed by atoms with Gasteiger partial charge in [0.2, 0.25) is 0 Å². The van der Waals surface area contributed by atoms with Crippen LogP contribution >= 0.6 is 0 Å². The lowest BCUT2D eigenvalue weighted by Crippen LogP contribution is -2.26. The van der Waals surface area contributed by atoms with E-state index in [1.54, 1.807) is 19.9 Å². The lowest BCUT2D eigenvalue weighted by atomic mass is 9.85. The molecule has 0 saturated carbocycles. The van der Waals surface area contributed by atoms with E-state index in [1.165, 1.54) is 13.0 Å². The van der Waals surface area contributed by atoms with Gasteiger partial charge in [0.1, 0.15) is 0 Å². The van der Waals surface area contributed by atoms with Gasteiger partial charge in [-0.25, -0.2) is 4.39 Å². The van der Waals surface area contributed by atoms with Gasteiger partial charge in [-0.1, -0.05) is 6.07 Å². The monoisotopic (exact) mass is 226 g/mol. The number of halogens is 1. The van der Waals surface area contributed by atoms with Gasteiger partial charge in [0.15, 0.2) is 11.6 Å². The Morgan fingerprint density at radius 2 is 2.00 bits per heavy atom. The fraction of sp³-hybridized carbons (Fsp3) is 0.417. The van der Waals surface area contributed by atoms with Gasteiger partial charge < -0.3 is 10.2 Å². The van der Waals surface area contributed by atoms with E-state index >= 15 is 0 Å². The third-order valence-corrected chi connectivity index (χ3v) is 2.52. The molecule has 0 amide bonds. The maximum atomic E-state index is 13.1. The van der Waals surface area contributed by atoms with Crippen LogP contribution in [0.2, 0.25) is 0 Å². The summed E-state index contributed by atoms with van der Waals surface area (Å²) in [5.41, 5.74) is -0.00327. The number of aliphatic carboxylic acids is 1. The van der Waals surface area contributed by atoms with Gasteiger partial charge in [-0.2, -0.15) is 0 Å². The normalized spacial score (nSPS) is 11.5. The number of aromatic hydroxyl groups is 1. The Bertz CT molecular complexity index is 401. The number of rotatable bonds is 3. The zero-order valence-electron chi connectivity index (χ0n) is 9.54. The Balaban J connectivity index is 3.04. The van der Waals surface area contributed by atoms with Crippen LogP contribution in [0, 0.1) is 18.2 Å². The van der Waals surface area contributed by atoms with Crippen molar-refractivity contribution < 1.29 is 19.4 Å². The Labute approximate surface area is 93.5 Å². The van der Waals surface area contributed by atoms with Gasteiger partial charge in [0.25, 0.3) is 0 Å². The summed E-state index contributed by atoms with van der Waals surface area (Å²) >= 11 is 0. The number of aryl methyl sites for hydroxylation is 1. The van der Waals surface area contributed by atoms with Crippen LogP contribution in [0.5, 0.6) is 5.75 Å². The second-order valence-electron chi connectivity index (χ2n) is 4.61. The maximum absolute atomic E-state index is 13.1. The van der Waals surface area contributed by atoms with Crippen molar-refractivity contribution in [2.45, 2.75) is 27.2 Å². The number of carboxylic acids is 1. The van der Waals surface area contributed by atoms with Crippen LogP contribution in [0.1, 0.15) is 25.0 Å². The van der Waals surface area contributed by atoms with Crippen molar-refractivity contribution >= 4 is 5.97 Å². The number of hydrogen-bond donors (Lipinski definition) is 2. The van der Waals surface area contributed by atoms with Crippen LogP contribution in [-0.4, -0.2) is 16.2 Å². The van der Waals surface area contributed by atoms with E-state index < -0.39 is 23.0 Å². The lowest BCUT2D eigenvalue weighted by Gasteiger charge is -2.19. The third-order valence-electron chi connectivity index (χ3n) is 2.52. The molecule has 0 spiro atoms. The van der Waals surface area contributed by atoms with Crippen LogP contribution in [0.25, 0.3) is 0 Å². The van der Waals surface area contributed by atoms with E-state index in [1.807, 2.05) is 0 Å². The molecule has 0 fully saturated rings. The molecule has 1 aromatic rings. The summed E-state index contributed by atoms with van der Waals surface area (Å²) in [7, 11) is 0. The standard InChI is InChI=1S/C12H15FO3/c1-7-4-8(5-9(14)10(7)13)6-12(2,3)11(15)16/h4-5,14H,6H2,1-3H3,(H,15,16). The molecule has 1 aromatic carbocycles. The smallest absolute Gasteiger partial charge is 0.309 e. The highest BCUT2D eigenvalue weighted by atomic mass is 19.1. The van der Waals surface area contributed by atoms with Gasteiger partial charge in [-0.15, -0.1) is 0 Å².